The van der Waals surface area contributed by atoms with E-state index in [0.717, 1.165) is 36.8 Å². The highest BCUT2D eigenvalue weighted by atomic mass is 31.2. The van der Waals surface area contributed by atoms with Crippen LogP contribution in [0.4, 0.5) is 9.18 Å². The van der Waals surface area contributed by atoms with Crippen molar-refractivity contribution in [3.63, 3.8) is 0 Å². The number of phenols is 1. The molecule has 0 radical (unpaired) electrons. The molecule has 0 amide bonds. The highest BCUT2D eigenvalue weighted by Crippen LogP contribution is 2.52. The number of carbonyl (C=O) groups is 2. The second-order valence-electron chi connectivity index (χ2n) is 10.6. The predicted molar refractivity (Wildman–Crippen MR) is 155 cm³/mol. The Kier molecular flexibility index (Phi) is 12.9. The average molecular weight is 582 g/mol. The van der Waals surface area contributed by atoms with Crippen LogP contribution in [-0.2, 0) is 25.3 Å². The Morgan fingerprint density at radius 1 is 1.23 bits per heavy atom. The quantitative estimate of drug-likeness (QED) is 0.0936. The van der Waals surface area contributed by atoms with Crippen LogP contribution in [0.5, 0.6) is 11.5 Å². The first-order chi connectivity index (χ1) is 18.9. The number of benzene rings is 1. The normalized spacial score (nSPS) is 19.4. The van der Waals surface area contributed by atoms with Gasteiger partial charge in [-0.15, -0.1) is 0 Å². The number of carbonyl (C=O) groups excluding carboxylic acids is 2. The molecular weight excluding hydrogens is 536 g/mol. The molecule has 0 saturated carbocycles. The highest BCUT2D eigenvalue weighted by molar-refractivity contribution is 7.74. The topological polar surface area (TPSA) is 111 Å². The summed E-state index contributed by atoms with van der Waals surface area (Å²) in [7, 11) is -4.56. The summed E-state index contributed by atoms with van der Waals surface area (Å²) in [5.74, 6) is -1.70. The molecule has 0 heterocycles. The number of alkyl halides is 1. The number of allylic oxidation sites excluding steroid dienone is 3. The van der Waals surface area contributed by atoms with Crippen LogP contribution in [0, 0.1) is 5.92 Å². The van der Waals surface area contributed by atoms with Crippen molar-refractivity contribution in [1.29, 1.82) is 0 Å². The number of hydrogen-bond acceptors (Lipinski definition) is 7. The summed E-state index contributed by atoms with van der Waals surface area (Å²) < 4.78 is 44.2. The van der Waals surface area contributed by atoms with Gasteiger partial charge in [-0.1, -0.05) is 38.0 Å². The van der Waals surface area contributed by atoms with Crippen molar-refractivity contribution in [1.82, 2.24) is 5.09 Å². The maximum atomic E-state index is 14.1. The van der Waals surface area contributed by atoms with E-state index in [2.05, 4.69) is 18.6 Å². The van der Waals surface area contributed by atoms with Gasteiger partial charge in [0.05, 0.1) is 12.7 Å². The molecule has 0 spiro atoms. The fourth-order valence-corrected chi connectivity index (χ4v) is 6.39. The van der Waals surface area contributed by atoms with E-state index in [4.69, 9.17) is 14.0 Å². The first-order valence-corrected chi connectivity index (χ1v) is 15.7. The Labute approximate surface area is 237 Å². The molecule has 4 atom stereocenters. The lowest BCUT2D eigenvalue weighted by Gasteiger charge is -2.33. The second-order valence-corrected chi connectivity index (χ2v) is 12.5. The molecule has 40 heavy (non-hydrogen) atoms. The van der Waals surface area contributed by atoms with E-state index in [0.29, 0.717) is 18.4 Å². The Hall–Kier alpha value is -2.64. The largest absolute Gasteiger partial charge is 0.507 e. The Morgan fingerprint density at radius 2 is 1.93 bits per heavy atom. The first-order valence-electron chi connectivity index (χ1n) is 14.1. The fourth-order valence-electron chi connectivity index (χ4n) is 4.82. The number of aryl methyl sites for hydroxylation is 1. The molecule has 1 aliphatic carbocycles. The van der Waals surface area contributed by atoms with Crippen molar-refractivity contribution in [2.24, 2.45) is 5.92 Å². The van der Waals surface area contributed by atoms with E-state index in [1.54, 1.807) is 32.9 Å². The highest BCUT2D eigenvalue weighted by Gasteiger charge is 2.42. The molecule has 0 aromatic heterocycles. The molecule has 1 aromatic carbocycles. The van der Waals surface area contributed by atoms with Crippen molar-refractivity contribution in [3.8, 4) is 11.5 Å². The van der Waals surface area contributed by atoms with E-state index in [1.165, 1.54) is 6.92 Å². The van der Waals surface area contributed by atoms with Gasteiger partial charge in [-0.05, 0) is 89.5 Å². The van der Waals surface area contributed by atoms with Crippen LogP contribution in [0.1, 0.15) is 90.7 Å². The van der Waals surface area contributed by atoms with Crippen LogP contribution < -0.4 is 9.61 Å². The molecule has 10 heteroatoms. The lowest BCUT2D eigenvalue weighted by atomic mass is 9.73. The lowest BCUT2D eigenvalue weighted by molar-refractivity contribution is -0.149. The number of nitrogens with one attached hydrogen (secondary N) is 1. The van der Waals surface area contributed by atoms with Crippen LogP contribution >= 0.6 is 7.52 Å². The van der Waals surface area contributed by atoms with Crippen molar-refractivity contribution < 1.29 is 37.6 Å². The van der Waals surface area contributed by atoms with Crippen molar-refractivity contribution in [3.05, 3.63) is 47.1 Å². The molecule has 0 aliphatic heterocycles. The van der Waals surface area contributed by atoms with Gasteiger partial charge in [0, 0.05) is 11.5 Å². The van der Waals surface area contributed by atoms with Crippen LogP contribution in [0.25, 0.3) is 0 Å². The van der Waals surface area contributed by atoms with Gasteiger partial charge in [-0.25, -0.2) is 18.8 Å². The number of unbranched alkanes of at least 4 members (excludes halogenated alkanes) is 2. The molecule has 1 aromatic rings. The summed E-state index contributed by atoms with van der Waals surface area (Å²) >= 11 is 0. The summed E-state index contributed by atoms with van der Waals surface area (Å²) in [5.41, 5.74) is 1.26. The summed E-state index contributed by atoms with van der Waals surface area (Å²) in [6, 6.07) is 2.12. The monoisotopic (exact) mass is 581 g/mol. The van der Waals surface area contributed by atoms with E-state index in [-0.39, 0.29) is 29.6 Å². The standard InChI is InChI=1S/C30H45FNO7P/c1-8-10-11-12-23-16-26(33)28(25-15-20(5)13-14-24(25)21(6)18-31)27(17-23)39-40(36,30(35)37-9-2)32-22(7)29(34)38-19(3)4/h15-17,19,22,24-25,33H,6,8-14,18H2,1-5,7H3,(H,32,36). The van der Waals surface area contributed by atoms with Crippen molar-refractivity contribution >= 4 is 19.2 Å². The molecule has 2 N–H and O–H groups in total. The number of esters is 1. The Bertz CT molecular complexity index is 1130. The molecule has 2 rings (SSSR count). The third kappa shape index (κ3) is 8.93. The minimum absolute atomic E-state index is 0.00687. The molecular formula is C30H45FNO7P. The summed E-state index contributed by atoms with van der Waals surface area (Å²) in [5, 5.41) is 13.8. The van der Waals surface area contributed by atoms with Crippen LogP contribution in [0.15, 0.2) is 35.9 Å². The number of rotatable bonds is 15. The van der Waals surface area contributed by atoms with Gasteiger partial charge >= 0.3 is 19.2 Å². The van der Waals surface area contributed by atoms with Crippen molar-refractivity contribution in [2.75, 3.05) is 13.3 Å². The van der Waals surface area contributed by atoms with Gasteiger partial charge in [0.1, 0.15) is 24.2 Å². The van der Waals surface area contributed by atoms with E-state index >= 15 is 0 Å². The van der Waals surface area contributed by atoms with Crippen LogP contribution in [0.3, 0.4) is 0 Å². The third-order valence-electron chi connectivity index (χ3n) is 6.83. The average Bonchev–Trinajstić information content (AvgIpc) is 2.88. The lowest BCUT2D eigenvalue weighted by Crippen LogP contribution is -2.37. The SMILES string of the molecule is C=C(CF)C1CCC(C)=CC1c1c(O)cc(CCCCC)cc1OP(=O)(NC(C)C(=O)OC(C)C)C(=O)OCC. The molecule has 1 aliphatic rings. The zero-order valence-electron chi connectivity index (χ0n) is 24.6. The predicted octanol–water partition coefficient (Wildman–Crippen LogP) is 7.75. The van der Waals surface area contributed by atoms with E-state index in [1.807, 2.05) is 13.0 Å². The molecule has 0 fully saturated rings. The van der Waals surface area contributed by atoms with Gasteiger partial charge in [-0.2, -0.15) is 0 Å². The van der Waals surface area contributed by atoms with Crippen LogP contribution in [-0.4, -0.2) is 42.2 Å². The summed E-state index contributed by atoms with van der Waals surface area (Å²) in [6.07, 6.45) is 6.29. The zero-order chi connectivity index (χ0) is 30.0. The van der Waals surface area contributed by atoms with Crippen LogP contribution in [0.2, 0.25) is 0 Å². The molecule has 0 saturated heterocycles. The van der Waals surface area contributed by atoms with Gasteiger partial charge < -0.3 is 19.1 Å². The molecule has 0 bridgehead atoms. The maximum Gasteiger partial charge on any atom is 0.424 e. The minimum atomic E-state index is -4.56. The number of aromatic hydroxyl groups is 1. The van der Waals surface area contributed by atoms with Crippen molar-refractivity contribution in [2.45, 2.75) is 98.1 Å². The fraction of sp³-hybridized carbons (Fsp3) is 0.600. The zero-order valence-corrected chi connectivity index (χ0v) is 25.5. The number of hydrogen-bond donors (Lipinski definition) is 2. The maximum absolute atomic E-state index is 14.1. The van der Waals surface area contributed by atoms with Gasteiger partial charge in [0.25, 0.3) is 0 Å². The van der Waals surface area contributed by atoms with Gasteiger partial charge in [-0.3, -0.25) is 4.79 Å². The van der Waals surface area contributed by atoms with E-state index in [9.17, 15) is 23.7 Å². The molecule has 8 nitrogen and oxygen atoms in total. The second kappa shape index (κ2) is 15.4. The smallest absolute Gasteiger partial charge is 0.424 e. The van der Waals surface area contributed by atoms with Gasteiger partial charge in [0.15, 0.2) is 0 Å². The first kappa shape index (κ1) is 33.6. The number of halogens is 1. The van der Waals surface area contributed by atoms with E-state index < -0.39 is 43.9 Å². The molecule has 4 unspecified atom stereocenters. The summed E-state index contributed by atoms with van der Waals surface area (Å²) in [6.45, 7) is 13.5. The van der Waals surface area contributed by atoms with Gasteiger partial charge in [0.2, 0.25) is 0 Å². The number of ether oxygens (including phenoxy) is 2. The minimum Gasteiger partial charge on any atom is -0.507 e. The number of phenolic OH excluding ortho intramolecular Hbond substituents is 1. The summed E-state index contributed by atoms with van der Waals surface area (Å²) in [4.78, 5) is 25.5. The molecule has 224 valence electrons. The third-order valence-corrected chi connectivity index (χ3v) is 8.62. The Balaban J connectivity index is 2.67. The Morgan fingerprint density at radius 3 is 2.52 bits per heavy atom.